The van der Waals surface area contributed by atoms with Crippen molar-refractivity contribution in [3.8, 4) is 0 Å². The van der Waals surface area contributed by atoms with E-state index in [0.717, 1.165) is 91.0 Å². The molecule has 12 nitrogen and oxygen atoms in total. The third-order valence-electron chi connectivity index (χ3n) is 17.0. The Balaban J connectivity index is 1.04. The van der Waals surface area contributed by atoms with Crippen LogP contribution in [0.5, 0.6) is 0 Å². The Hall–Kier alpha value is -5.90. The van der Waals surface area contributed by atoms with Gasteiger partial charge in [-0.25, -0.2) is 0 Å². The minimum absolute atomic E-state index is 0.118. The number of nitrogens with one attached hydrogen (secondary N) is 1. The maximum atomic E-state index is 13.4. The second-order valence-corrected chi connectivity index (χ2v) is 23.5. The highest BCUT2D eigenvalue weighted by molar-refractivity contribution is 5.73. The summed E-state index contributed by atoms with van der Waals surface area (Å²) in [7, 11) is 0. The van der Waals surface area contributed by atoms with Crippen LogP contribution in [0, 0.1) is 11.8 Å². The Kier molecular flexibility index (Phi) is 26.2. The SMILES string of the molecule is CC(=O)N[C@@H]1[C@@H](OCc2ccccc2)[C@H](C[C@@H]2O[C@H](COCc3ccccc3)[C@H](OCc3ccccc3)C[C@H]2C[C@@H]2O[C@@H](C)[C@@H](OCc3ccccc3)[C@@H](OCc3ccccc3)[C@@H]2OCc2ccccc2)CO[C@H]1CCCCCCCCCC=O. The molecule has 0 saturated carbocycles. The molecule has 3 fully saturated rings. The molecule has 0 spiro atoms. The molecule has 1 amide bonds. The van der Waals surface area contributed by atoms with Crippen molar-refractivity contribution in [2.75, 3.05) is 13.2 Å². The first-order valence-corrected chi connectivity index (χ1v) is 31.4. The quantitative estimate of drug-likeness (QED) is 0.0306. The number of amides is 1. The van der Waals surface area contributed by atoms with E-state index in [1.54, 1.807) is 6.92 Å². The van der Waals surface area contributed by atoms with Gasteiger partial charge in [0.25, 0.3) is 0 Å². The second-order valence-electron chi connectivity index (χ2n) is 23.5. The molecule has 0 bridgehead atoms. The van der Waals surface area contributed by atoms with Gasteiger partial charge in [-0.3, -0.25) is 4.79 Å². The van der Waals surface area contributed by atoms with E-state index in [-0.39, 0.29) is 42.2 Å². The van der Waals surface area contributed by atoms with Gasteiger partial charge in [-0.2, -0.15) is 0 Å². The zero-order chi connectivity index (χ0) is 58.7. The van der Waals surface area contributed by atoms with Crippen molar-refractivity contribution < 1.29 is 52.2 Å². The number of carbonyl (C=O) groups excluding carboxylic acids is 2. The van der Waals surface area contributed by atoms with Crippen LogP contribution in [0.4, 0.5) is 0 Å². The maximum absolute atomic E-state index is 13.4. The number of ether oxygens (including phenoxy) is 9. The van der Waals surface area contributed by atoms with Gasteiger partial charge in [0.2, 0.25) is 5.91 Å². The molecule has 12 heteroatoms. The molecule has 1 N–H and O–H groups in total. The summed E-state index contributed by atoms with van der Waals surface area (Å²) in [4.78, 5) is 24.2. The monoisotopic (exact) mass is 1160 g/mol. The summed E-state index contributed by atoms with van der Waals surface area (Å²) in [5.74, 6) is -0.408. The summed E-state index contributed by atoms with van der Waals surface area (Å²) in [6.07, 6.45) is 7.59. The van der Waals surface area contributed by atoms with E-state index >= 15 is 0 Å². The van der Waals surface area contributed by atoms with Crippen LogP contribution in [0.3, 0.4) is 0 Å². The number of rotatable bonds is 34. The number of unbranched alkanes of at least 4 members (excludes halogenated alkanes) is 7. The molecule has 3 aliphatic heterocycles. The molecule has 0 aliphatic carbocycles. The van der Waals surface area contributed by atoms with Gasteiger partial charge in [0.1, 0.15) is 30.7 Å². The van der Waals surface area contributed by atoms with Gasteiger partial charge < -0.3 is 52.7 Å². The zero-order valence-electron chi connectivity index (χ0n) is 50.0. The first-order valence-electron chi connectivity index (χ1n) is 31.4. The molecule has 3 aliphatic rings. The number of carbonyl (C=O) groups is 2. The van der Waals surface area contributed by atoms with Crippen LogP contribution in [0.2, 0.25) is 0 Å². The molecule has 6 aromatic carbocycles. The van der Waals surface area contributed by atoms with E-state index in [1.807, 2.05) is 109 Å². The van der Waals surface area contributed by atoms with E-state index in [9.17, 15) is 9.59 Å². The predicted molar refractivity (Wildman–Crippen MR) is 330 cm³/mol. The van der Waals surface area contributed by atoms with E-state index in [1.165, 1.54) is 0 Å². The van der Waals surface area contributed by atoms with Gasteiger partial charge in [-0.05, 0) is 78.3 Å². The molecule has 3 saturated heterocycles. The van der Waals surface area contributed by atoms with Crippen molar-refractivity contribution in [1.82, 2.24) is 5.32 Å². The lowest BCUT2D eigenvalue weighted by atomic mass is 9.77. The highest BCUT2D eigenvalue weighted by Gasteiger charge is 2.51. The third-order valence-corrected chi connectivity index (χ3v) is 17.0. The van der Waals surface area contributed by atoms with Gasteiger partial charge in [0.05, 0.1) is 95.5 Å². The van der Waals surface area contributed by atoms with Crippen molar-refractivity contribution in [3.05, 3.63) is 215 Å². The predicted octanol–water partition coefficient (Wildman–Crippen LogP) is 13.7. The minimum atomic E-state index is -0.551. The van der Waals surface area contributed by atoms with Crippen LogP contribution in [-0.2, 0) is 91.9 Å². The first-order chi connectivity index (χ1) is 41.9. The first kappa shape index (κ1) is 63.6. The van der Waals surface area contributed by atoms with Crippen LogP contribution in [0.15, 0.2) is 182 Å². The molecule has 3 heterocycles. The summed E-state index contributed by atoms with van der Waals surface area (Å²) >= 11 is 0. The molecule has 85 heavy (non-hydrogen) atoms. The normalized spacial score (nSPS) is 25.9. The Morgan fingerprint density at radius 3 is 1.41 bits per heavy atom. The molecule has 9 rings (SSSR count). The fourth-order valence-corrected chi connectivity index (χ4v) is 12.6. The number of aldehydes is 1. The highest BCUT2D eigenvalue weighted by atomic mass is 16.6. The van der Waals surface area contributed by atoms with E-state index in [0.29, 0.717) is 78.5 Å². The molecule has 6 aromatic rings. The molecular formula is C73H91NO11. The van der Waals surface area contributed by atoms with Gasteiger partial charge in [-0.1, -0.05) is 221 Å². The summed E-state index contributed by atoms with van der Waals surface area (Å²) in [6.45, 7) is 6.74. The highest BCUT2D eigenvalue weighted by Crippen LogP contribution is 2.42. The second kappa shape index (κ2) is 35.0. The van der Waals surface area contributed by atoms with Crippen molar-refractivity contribution in [3.63, 3.8) is 0 Å². The van der Waals surface area contributed by atoms with Gasteiger partial charge in [0, 0.05) is 19.3 Å². The lowest BCUT2D eigenvalue weighted by Crippen LogP contribution is -2.61. The largest absolute Gasteiger partial charge is 0.376 e. The van der Waals surface area contributed by atoms with Gasteiger partial charge in [-0.15, -0.1) is 0 Å². The zero-order valence-corrected chi connectivity index (χ0v) is 50.0. The average molecular weight is 1160 g/mol. The van der Waals surface area contributed by atoms with Crippen molar-refractivity contribution in [2.45, 2.75) is 198 Å². The summed E-state index contributed by atoms with van der Waals surface area (Å²) < 4.78 is 63.9. The van der Waals surface area contributed by atoms with Gasteiger partial charge >= 0.3 is 0 Å². The average Bonchev–Trinajstić information content (AvgIpc) is 2.96. The minimum Gasteiger partial charge on any atom is -0.376 e. The smallest absolute Gasteiger partial charge is 0.217 e. The fourth-order valence-electron chi connectivity index (χ4n) is 12.6. The standard InChI is InChI=1S/C73H91NO11/c1-54-70(80-48-58-33-19-11-20-34-58)73(83-51-61-39-25-14-26-40-61)72(82-50-60-37-23-13-24-38-60)67(84-54)44-62-43-66(78-47-57-31-17-10-18-32-57)68(53-77-46-56-29-15-9-16-30-56)85-65(62)45-63-52-79-64(41-27-7-5-3-4-6-8-28-42-75)69(74-55(2)76)71(63)81-49-59-35-21-12-22-36-59/h9-26,29-40,42,54,62-73H,3-8,27-28,41,43-53H2,1-2H3,(H,74,76)/t54-,62-,63+,64-,65-,66+,67-,68+,69-,70+,71-,72+,73+/m0/s1. The van der Waals surface area contributed by atoms with Crippen LogP contribution < -0.4 is 5.32 Å². The molecular weight excluding hydrogens is 1070 g/mol. The summed E-state index contributed by atoms with van der Waals surface area (Å²) in [5, 5.41) is 3.37. The number of benzene rings is 6. The van der Waals surface area contributed by atoms with Crippen LogP contribution >= 0.6 is 0 Å². The molecule has 0 unspecified atom stereocenters. The van der Waals surface area contributed by atoms with Crippen LogP contribution in [0.25, 0.3) is 0 Å². The Morgan fingerprint density at radius 2 is 0.906 bits per heavy atom. The number of hydrogen-bond acceptors (Lipinski definition) is 11. The molecule has 0 radical (unpaired) electrons. The third kappa shape index (κ3) is 20.3. The molecule has 454 valence electrons. The topological polar surface area (TPSA) is 129 Å². The van der Waals surface area contributed by atoms with Crippen LogP contribution in [-0.4, -0.2) is 92.5 Å². The Bertz CT molecular complexity index is 2760. The van der Waals surface area contributed by atoms with E-state index in [2.05, 4.69) is 85.0 Å². The van der Waals surface area contributed by atoms with Crippen LogP contribution in [0.1, 0.15) is 124 Å². The number of hydrogen-bond donors (Lipinski definition) is 1. The summed E-state index contributed by atoms with van der Waals surface area (Å²) in [6, 6.07) is 61.2. The van der Waals surface area contributed by atoms with E-state index < -0.39 is 42.7 Å². The Morgan fingerprint density at radius 1 is 0.471 bits per heavy atom. The maximum Gasteiger partial charge on any atom is 0.217 e. The van der Waals surface area contributed by atoms with Gasteiger partial charge in [0.15, 0.2) is 0 Å². The Labute approximate surface area is 505 Å². The summed E-state index contributed by atoms with van der Waals surface area (Å²) in [5.41, 5.74) is 6.37. The van der Waals surface area contributed by atoms with Crippen molar-refractivity contribution in [1.29, 1.82) is 0 Å². The molecule has 0 aromatic heterocycles. The van der Waals surface area contributed by atoms with E-state index in [4.69, 9.17) is 42.6 Å². The van der Waals surface area contributed by atoms with Crippen molar-refractivity contribution in [2.24, 2.45) is 11.8 Å². The van der Waals surface area contributed by atoms with Crippen molar-refractivity contribution >= 4 is 12.2 Å². The lowest BCUT2D eigenvalue weighted by molar-refractivity contribution is -0.269. The lowest BCUT2D eigenvalue weighted by Gasteiger charge is -2.49. The fraction of sp³-hybridized carbons (Fsp3) is 0.479. The molecule has 13 atom stereocenters.